The fourth-order valence-electron chi connectivity index (χ4n) is 2.30. The van der Waals surface area contributed by atoms with E-state index >= 15 is 0 Å². The number of carbonyl (C=O) groups excluding carboxylic acids is 1. The quantitative estimate of drug-likeness (QED) is 0.245. The van der Waals surface area contributed by atoms with Gasteiger partial charge in [-0.2, -0.15) is 4.57 Å². The summed E-state index contributed by atoms with van der Waals surface area (Å²) in [5.74, 6) is 0.892. The second-order valence-electron chi connectivity index (χ2n) is 5.48. The molecule has 6 heteroatoms. The zero-order valence-electron chi connectivity index (χ0n) is 13.8. The number of para-hydroxylation sites is 1. The van der Waals surface area contributed by atoms with Gasteiger partial charge in [0.1, 0.15) is 5.75 Å². The van der Waals surface area contributed by atoms with Crippen molar-refractivity contribution >= 4 is 40.9 Å². The van der Waals surface area contributed by atoms with Crippen LogP contribution < -0.4 is 9.30 Å². The lowest BCUT2D eigenvalue weighted by Crippen LogP contribution is -2.41. The summed E-state index contributed by atoms with van der Waals surface area (Å²) in [6.45, 7) is 0.131. The van der Waals surface area contributed by atoms with Gasteiger partial charge in [-0.3, -0.25) is 0 Å². The molecule has 0 amide bonds. The van der Waals surface area contributed by atoms with Crippen molar-refractivity contribution in [1.82, 2.24) is 0 Å². The lowest BCUT2D eigenvalue weighted by molar-refractivity contribution is -0.721. The SMILES string of the molecule is O=C(C[n+]1ccccc1SCc1ccc(Cl)cc1Cl)Oc1ccccc1. The lowest BCUT2D eigenvalue weighted by Gasteiger charge is -2.06. The maximum Gasteiger partial charge on any atom is 0.378 e. The maximum atomic E-state index is 12.2. The first-order chi connectivity index (χ1) is 12.6. The highest BCUT2D eigenvalue weighted by Gasteiger charge is 2.17. The van der Waals surface area contributed by atoms with Crippen LogP contribution in [-0.4, -0.2) is 5.97 Å². The van der Waals surface area contributed by atoms with Crippen LogP contribution in [0.15, 0.2) is 78.0 Å². The molecule has 0 atom stereocenters. The molecule has 3 aromatic rings. The molecule has 0 saturated heterocycles. The van der Waals surface area contributed by atoms with E-state index < -0.39 is 0 Å². The van der Waals surface area contributed by atoms with Gasteiger partial charge in [-0.25, -0.2) is 4.79 Å². The molecule has 3 nitrogen and oxygen atoms in total. The number of pyridine rings is 1. The van der Waals surface area contributed by atoms with Crippen molar-refractivity contribution in [3.8, 4) is 5.75 Å². The highest BCUT2D eigenvalue weighted by molar-refractivity contribution is 7.98. The topological polar surface area (TPSA) is 30.2 Å². The zero-order valence-corrected chi connectivity index (χ0v) is 16.1. The molecule has 0 fully saturated rings. The molecule has 2 aromatic carbocycles. The predicted octanol–water partition coefficient (Wildman–Crippen LogP) is 5.18. The van der Waals surface area contributed by atoms with Crippen LogP contribution in [0, 0.1) is 0 Å². The minimum absolute atomic E-state index is 0.131. The third kappa shape index (κ3) is 5.24. The van der Waals surface area contributed by atoms with Gasteiger partial charge in [0.25, 0.3) is 0 Å². The third-order valence-electron chi connectivity index (χ3n) is 3.56. The first-order valence-electron chi connectivity index (χ1n) is 7.93. The highest BCUT2D eigenvalue weighted by atomic mass is 35.5. The number of benzene rings is 2. The van der Waals surface area contributed by atoms with Crippen molar-refractivity contribution in [1.29, 1.82) is 0 Å². The van der Waals surface area contributed by atoms with Crippen LogP contribution in [0.2, 0.25) is 10.0 Å². The Hall–Kier alpha value is -2.01. The fourth-order valence-corrected chi connectivity index (χ4v) is 3.88. The van der Waals surface area contributed by atoms with Crippen LogP contribution in [0.4, 0.5) is 0 Å². The Balaban J connectivity index is 1.67. The average molecular weight is 405 g/mol. The first kappa shape index (κ1) is 18.8. The molecule has 3 rings (SSSR count). The Morgan fingerprint density at radius 2 is 1.77 bits per heavy atom. The Morgan fingerprint density at radius 1 is 1.00 bits per heavy atom. The van der Waals surface area contributed by atoms with Crippen LogP contribution in [0.3, 0.4) is 0 Å². The van der Waals surface area contributed by atoms with E-state index in [0.717, 1.165) is 10.6 Å². The monoisotopic (exact) mass is 404 g/mol. The van der Waals surface area contributed by atoms with Crippen LogP contribution >= 0.6 is 35.0 Å². The van der Waals surface area contributed by atoms with E-state index in [1.807, 2.05) is 59.3 Å². The predicted molar refractivity (Wildman–Crippen MR) is 105 cm³/mol. The van der Waals surface area contributed by atoms with E-state index in [9.17, 15) is 4.79 Å². The van der Waals surface area contributed by atoms with Gasteiger partial charge in [-0.05, 0) is 35.9 Å². The molecule has 0 bridgehead atoms. The third-order valence-corrected chi connectivity index (χ3v) is 5.27. The smallest absolute Gasteiger partial charge is 0.378 e. The standard InChI is InChI=1S/C20H16Cl2NO2S/c21-16-10-9-15(18(22)12-16)14-26-19-8-4-5-11-23(19)13-20(24)25-17-6-2-1-3-7-17/h1-12H,13-14H2/q+1. The van der Waals surface area contributed by atoms with Gasteiger partial charge < -0.3 is 4.74 Å². The summed E-state index contributed by atoms with van der Waals surface area (Å²) in [6.07, 6.45) is 1.86. The summed E-state index contributed by atoms with van der Waals surface area (Å²) >= 11 is 13.8. The van der Waals surface area contributed by atoms with E-state index in [2.05, 4.69) is 0 Å². The van der Waals surface area contributed by atoms with Gasteiger partial charge >= 0.3 is 5.97 Å². The number of nitrogens with zero attached hydrogens (tertiary/aromatic N) is 1. The second-order valence-corrected chi connectivity index (χ2v) is 7.32. The number of aromatic nitrogens is 1. The Kier molecular flexibility index (Phi) is 6.56. The average Bonchev–Trinajstić information content (AvgIpc) is 2.63. The van der Waals surface area contributed by atoms with Crippen LogP contribution in [0.1, 0.15) is 5.56 Å². The number of carbonyl (C=O) groups is 1. The van der Waals surface area contributed by atoms with Crippen molar-refractivity contribution in [2.75, 3.05) is 0 Å². The van der Waals surface area contributed by atoms with Gasteiger partial charge in [0.05, 0.1) is 0 Å². The molecule has 0 aliphatic heterocycles. The molecule has 0 aliphatic rings. The molecule has 132 valence electrons. The highest BCUT2D eigenvalue weighted by Crippen LogP contribution is 2.27. The molecule has 0 radical (unpaired) electrons. The van der Waals surface area contributed by atoms with E-state index in [4.69, 9.17) is 27.9 Å². The lowest BCUT2D eigenvalue weighted by atomic mass is 10.2. The molecule has 0 unspecified atom stereocenters. The van der Waals surface area contributed by atoms with E-state index in [1.54, 1.807) is 30.0 Å². The first-order valence-corrected chi connectivity index (χ1v) is 9.67. The summed E-state index contributed by atoms with van der Waals surface area (Å²) in [4.78, 5) is 12.2. The summed E-state index contributed by atoms with van der Waals surface area (Å²) in [5.41, 5.74) is 0.989. The number of ether oxygens (including phenoxy) is 1. The number of rotatable bonds is 6. The van der Waals surface area contributed by atoms with E-state index in [-0.39, 0.29) is 12.5 Å². The largest absolute Gasteiger partial charge is 0.422 e. The van der Waals surface area contributed by atoms with Crippen LogP contribution in [0.25, 0.3) is 0 Å². The molecule has 1 aromatic heterocycles. The molecule has 26 heavy (non-hydrogen) atoms. The molecule has 0 aliphatic carbocycles. The van der Waals surface area contributed by atoms with Gasteiger partial charge in [0.15, 0.2) is 6.20 Å². The maximum absolute atomic E-state index is 12.2. The Labute approximate surface area is 166 Å². The minimum atomic E-state index is -0.321. The van der Waals surface area contributed by atoms with E-state index in [1.165, 1.54) is 0 Å². The van der Waals surface area contributed by atoms with Crippen LogP contribution in [0.5, 0.6) is 5.75 Å². The summed E-state index contributed by atoms with van der Waals surface area (Å²) in [6, 6.07) is 20.3. The summed E-state index contributed by atoms with van der Waals surface area (Å²) < 4.78 is 7.22. The van der Waals surface area contributed by atoms with Gasteiger partial charge in [-0.15, -0.1) is 0 Å². The molecule has 0 saturated carbocycles. The number of thioether (sulfide) groups is 1. The zero-order chi connectivity index (χ0) is 18.4. The fraction of sp³-hybridized carbons (Fsp3) is 0.100. The van der Waals surface area contributed by atoms with Crippen molar-refractivity contribution in [3.05, 3.63) is 88.5 Å². The minimum Gasteiger partial charge on any atom is -0.422 e. The van der Waals surface area contributed by atoms with Gasteiger partial charge in [0.2, 0.25) is 11.6 Å². The number of hydrogen-bond acceptors (Lipinski definition) is 3. The second kappa shape index (κ2) is 9.08. The van der Waals surface area contributed by atoms with Crippen LogP contribution in [-0.2, 0) is 17.1 Å². The normalized spacial score (nSPS) is 10.5. The molecular weight excluding hydrogens is 389 g/mol. The van der Waals surface area contributed by atoms with Gasteiger partial charge in [-0.1, -0.05) is 59.2 Å². The summed E-state index contributed by atoms with van der Waals surface area (Å²) in [5, 5.41) is 2.20. The van der Waals surface area contributed by atoms with Gasteiger partial charge in [0, 0.05) is 27.9 Å². The Bertz CT molecular complexity index is 903. The molecule has 1 heterocycles. The van der Waals surface area contributed by atoms with Crippen molar-refractivity contribution < 1.29 is 14.1 Å². The number of hydrogen-bond donors (Lipinski definition) is 0. The molecule has 0 spiro atoms. The van der Waals surface area contributed by atoms with Crippen molar-refractivity contribution in [3.63, 3.8) is 0 Å². The Morgan fingerprint density at radius 3 is 2.54 bits per heavy atom. The number of esters is 1. The number of halogens is 2. The van der Waals surface area contributed by atoms with Crippen molar-refractivity contribution in [2.45, 2.75) is 17.3 Å². The molecular formula is C20H16Cl2NO2S+. The van der Waals surface area contributed by atoms with Crippen molar-refractivity contribution in [2.24, 2.45) is 0 Å². The molecule has 0 N–H and O–H groups in total. The van der Waals surface area contributed by atoms with E-state index in [0.29, 0.717) is 21.5 Å². The summed E-state index contributed by atoms with van der Waals surface area (Å²) in [7, 11) is 0.